The van der Waals surface area contributed by atoms with Gasteiger partial charge in [-0.1, -0.05) is 6.07 Å². The first-order chi connectivity index (χ1) is 11.1. The van der Waals surface area contributed by atoms with Gasteiger partial charge >= 0.3 is 6.09 Å². The van der Waals surface area contributed by atoms with Gasteiger partial charge in [0.05, 0.1) is 6.54 Å². The lowest BCUT2D eigenvalue weighted by Gasteiger charge is -2.17. The van der Waals surface area contributed by atoms with Crippen LogP contribution in [0.3, 0.4) is 0 Å². The molecule has 122 valence electrons. The van der Waals surface area contributed by atoms with Crippen molar-refractivity contribution in [1.82, 2.24) is 10.2 Å². The Morgan fingerprint density at radius 1 is 1.39 bits per heavy atom. The zero-order chi connectivity index (χ0) is 16.4. The van der Waals surface area contributed by atoms with Crippen molar-refractivity contribution in [3.05, 3.63) is 29.3 Å². The van der Waals surface area contributed by atoms with Crippen LogP contribution in [0.5, 0.6) is 0 Å². The van der Waals surface area contributed by atoms with Gasteiger partial charge in [-0.05, 0) is 36.1 Å². The van der Waals surface area contributed by atoms with Crippen LogP contribution in [-0.2, 0) is 27.3 Å². The van der Waals surface area contributed by atoms with Crippen LogP contribution in [-0.4, -0.2) is 49.6 Å². The molecular weight excluding hydrogens is 298 g/mol. The van der Waals surface area contributed by atoms with Crippen molar-refractivity contribution in [1.29, 1.82) is 0 Å². The molecule has 0 saturated carbocycles. The van der Waals surface area contributed by atoms with E-state index in [2.05, 4.69) is 5.32 Å². The van der Waals surface area contributed by atoms with Crippen LogP contribution in [0.25, 0.3) is 0 Å². The van der Waals surface area contributed by atoms with E-state index in [0.717, 1.165) is 42.6 Å². The first-order valence-corrected chi connectivity index (χ1v) is 7.63. The van der Waals surface area contributed by atoms with Gasteiger partial charge in [-0.3, -0.25) is 14.5 Å². The maximum Gasteiger partial charge on any atom is 0.415 e. The summed E-state index contributed by atoms with van der Waals surface area (Å²) in [5, 5.41) is 2.49. The van der Waals surface area contributed by atoms with Crippen molar-refractivity contribution in [2.45, 2.75) is 25.5 Å². The number of amides is 3. The Morgan fingerprint density at radius 3 is 2.96 bits per heavy atom. The number of rotatable bonds is 3. The number of ether oxygens (including phenoxy) is 1. The highest BCUT2D eigenvalue weighted by Gasteiger charge is 2.36. The van der Waals surface area contributed by atoms with Gasteiger partial charge < -0.3 is 15.0 Å². The molecule has 1 atom stereocenters. The van der Waals surface area contributed by atoms with E-state index in [1.165, 1.54) is 11.9 Å². The van der Waals surface area contributed by atoms with Gasteiger partial charge in [0.25, 0.3) is 5.91 Å². The largest absolute Gasteiger partial charge is 0.434 e. The Kier molecular flexibility index (Phi) is 4.18. The Morgan fingerprint density at radius 2 is 2.22 bits per heavy atom. The Bertz CT molecular complexity index is 646. The summed E-state index contributed by atoms with van der Waals surface area (Å²) in [6, 6.07) is 5.73. The Hall–Kier alpha value is -2.57. The molecule has 3 rings (SSSR count). The molecule has 0 radical (unpaired) electrons. The zero-order valence-corrected chi connectivity index (χ0v) is 12.9. The Labute approximate surface area is 134 Å². The number of likely N-dealkylation sites (N-methyl/N-ethyl adjacent to an activating group) is 1. The van der Waals surface area contributed by atoms with Crippen molar-refractivity contribution in [3.63, 3.8) is 0 Å². The van der Waals surface area contributed by atoms with Crippen LogP contribution in [0.4, 0.5) is 10.5 Å². The highest BCUT2D eigenvalue weighted by molar-refractivity contribution is 5.95. The highest BCUT2D eigenvalue weighted by atomic mass is 16.6. The summed E-state index contributed by atoms with van der Waals surface area (Å²) in [5.74, 6) is -0.308. The van der Waals surface area contributed by atoms with E-state index in [0.29, 0.717) is 6.54 Å². The summed E-state index contributed by atoms with van der Waals surface area (Å²) in [6.45, 7) is 1.53. The van der Waals surface area contributed by atoms with Crippen molar-refractivity contribution in [3.8, 4) is 0 Å². The smallest absolute Gasteiger partial charge is 0.415 e. The fraction of sp³-hybridized carbons (Fsp3) is 0.438. The molecule has 7 nitrogen and oxygen atoms in total. The third-order valence-electron chi connectivity index (χ3n) is 4.27. The molecule has 1 fully saturated rings. The van der Waals surface area contributed by atoms with Crippen LogP contribution >= 0.6 is 0 Å². The summed E-state index contributed by atoms with van der Waals surface area (Å²) in [4.78, 5) is 37.8. The van der Waals surface area contributed by atoms with Crippen LogP contribution in [0.15, 0.2) is 18.2 Å². The molecule has 3 amide bonds. The minimum absolute atomic E-state index is 0.206. The minimum atomic E-state index is -0.781. The maximum atomic E-state index is 12.0. The second-order valence-electron chi connectivity index (χ2n) is 5.73. The van der Waals surface area contributed by atoms with Crippen molar-refractivity contribution < 1.29 is 19.1 Å². The number of fused-ring (bicyclic) bond motifs is 1. The standard InChI is InChI=1S/C16H19N3O4/c1-17-15(21)14-9-19(16(22)23-14)13-5-4-12-8-18(10-20)6-2-3-11(12)7-13/h4-5,7,10,14H,2-3,6,8-9H2,1H3,(H,17,21)/t14-/m1/s1. The van der Waals surface area contributed by atoms with E-state index in [1.54, 1.807) is 4.90 Å². The third kappa shape index (κ3) is 2.99. The molecule has 2 heterocycles. The van der Waals surface area contributed by atoms with Gasteiger partial charge in [0.1, 0.15) is 0 Å². The fourth-order valence-electron chi connectivity index (χ4n) is 3.00. The number of carbonyl (C=O) groups excluding carboxylic acids is 3. The SMILES string of the molecule is CNC(=O)[C@H]1CN(c2ccc3c(c2)CCCN(C=O)C3)C(=O)O1. The van der Waals surface area contributed by atoms with Crippen LogP contribution in [0.2, 0.25) is 0 Å². The number of hydrogen-bond donors (Lipinski definition) is 1. The third-order valence-corrected chi connectivity index (χ3v) is 4.27. The first-order valence-electron chi connectivity index (χ1n) is 7.63. The average Bonchev–Trinajstić information content (AvgIpc) is 2.83. The van der Waals surface area contributed by atoms with Crippen LogP contribution in [0.1, 0.15) is 17.5 Å². The van der Waals surface area contributed by atoms with Gasteiger partial charge in [-0.25, -0.2) is 4.79 Å². The summed E-state index contributed by atoms with van der Waals surface area (Å²) >= 11 is 0. The molecule has 0 aliphatic carbocycles. The predicted octanol–water partition coefficient (Wildman–Crippen LogP) is 0.662. The number of benzene rings is 1. The fourth-order valence-corrected chi connectivity index (χ4v) is 3.00. The summed E-state index contributed by atoms with van der Waals surface area (Å²) in [5.41, 5.74) is 2.94. The summed E-state index contributed by atoms with van der Waals surface area (Å²) in [6.07, 6.45) is 1.32. The maximum absolute atomic E-state index is 12.0. The van der Waals surface area contributed by atoms with E-state index >= 15 is 0 Å². The van der Waals surface area contributed by atoms with E-state index in [-0.39, 0.29) is 12.5 Å². The molecular formula is C16H19N3O4. The van der Waals surface area contributed by atoms with Crippen molar-refractivity contribution >= 4 is 24.1 Å². The molecule has 2 aliphatic rings. The number of aryl methyl sites for hydroxylation is 1. The molecule has 0 spiro atoms. The lowest BCUT2D eigenvalue weighted by molar-refractivity contribution is -0.127. The van der Waals surface area contributed by atoms with E-state index in [1.807, 2.05) is 18.2 Å². The van der Waals surface area contributed by atoms with Crippen LogP contribution in [0, 0.1) is 0 Å². The topological polar surface area (TPSA) is 79.0 Å². The molecule has 7 heteroatoms. The molecule has 0 bridgehead atoms. The number of nitrogens with one attached hydrogen (secondary N) is 1. The van der Waals surface area contributed by atoms with Gasteiger partial charge in [-0.15, -0.1) is 0 Å². The predicted molar refractivity (Wildman–Crippen MR) is 82.9 cm³/mol. The summed E-state index contributed by atoms with van der Waals surface area (Å²) < 4.78 is 5.10. The molecule has 0 unspecified atom stereocenters. The molecule has 2 aliphatic heterocycles. The van der Waals surface area contributed by atoms with Gasteiger partial charge in [0, 0.05) is 25.8 Å². The number of anilines is 1. The number of carbonyl (C=O) groups is 3. The van der Waals surface area contributed by atoms with E-state index in [4.69, 9.17) is 4.74 Å². The normalized spacial score (nSPS) is 20.6. The molecule has 0 aromatic heterocycles. The second kappa shape index (κ2) is 6.28. The average molecular weight is 317 g/mol. The lowest BCUT2D eigenvalue weighted by atomic mass is 10.0. The molecule has 1 N–H and O–H groups in total. The Balaban J connectivity index is 1.82. The van der Waals surface area contributed by atoms with Crippen LogP contribution < -0.4 is 10.2 Å². The van der Waals surface area contributed by atoms with Crippen molar-refractivity contribution in [2.24, 2.45) is 0 Å². The van der Waals surface area contributed by atoms with Gasteiger partial charge in [0.2, 0.25) is 6.41 Å². The minimum Gasteiger partial charge on any atom is -0.434 e. The van der Waals surface area contributed by atoms with Gasteiger partial charge in [-0.2, -0.15) is 0 Å². The second-order valence-corrected chi connectivity index (χ2v) is 5.73. The molecule has 1 saturated heterocycles. The number of hydrogen-bond acceptors (Lipinski definition) is 4. The quantitative estimate of drug-likeness (QED) is 0.831. The van der Waals surface area contributed by atoms with E-state index < -0.39 is 12.2 Å². The van der Waals surface area contributed by atoms with Crippen molar-refractivity contribution in [2.75, 3.05) is 25.0 Å². The highest BCUT2D eigenvalue weighted by Crippen LogP contribution is 2.27. The molecule has 1 aromatic rings. The monoisotopic (exact) mass is 317 g/mol. The van der Waals surface area contributed by atoms with Gasteiger partial charge in [0.15, 0.2) is 6.10 Å². The molecule has 23 heavy (non-hydrogen) atoms. The first kappa shape index (κ1) is 15.3. The lowest BCUT2D eigenvalue weighted by Crippen LogP contribution is -2.35. The summed E-state index contributed by atoms with van der Waals surface area (Å²) in [7, 11) is 1.51. The number of nitrogens with zero attached hydrogens (tertiary/aromatic N) is 2. The number of cyclic esters (lactones) is 1. The zero-order valence-electron chi connectivity index (χ0n) is 12.9. The molecule has 1 aromatic carbocycles. The van der Waals surface area contributed by atoms with E-state index in [9.17, 15) is 14.4 Å².